The molecular weight excluding hydrogens is 1050 g/mol. The smallest absolute Gasteiger partial charge is 0.417 e. The highest BCUT2D eigenvalue weighted by Gasteiger charge is 2.66. The van der Waals surface area contributed by atoms with Crippen molar-refractivity contribution in [2.75, 3.05) is 78.2 Å². The second-order valence-electron chi connectivity index (χ2n) is 19.7. The van der Waals surface area contributed by atoms with Gasteiger partial charge in [-0.3, -0.25) is 43.5 Å². The fraction of sp³-hybridized carbons (Fsp3) is 0.566. The number of amides is 7. The van der Waals surface area contributed by atoms with Crippen molar-refractivity contribution in [3.8, 4) is 5.75 Å². The normalized spacial score (nSPS) is 23.0. The van der Waals surface area contributed by atoms with Crippen LogP contribution in [0.4, 0.5) is 27.6 Å². The van der Waals surface area contributed by atoms with Crippen molar-refractivity contribution < 1.29 is 79.2 Å². The van der Waals surface area contributed by atoms with Crippen LogP contribution in [0, 0.1) is 29.4 Å². The van der Waals surface area contributed by atoms with E-state index in [1.807, 2.05) is 6.07 Å². The molecule has 7 amide bonds. The lowest BCUT2D eigenvalue weighted by Gasteiger charge is -2.32. The summed E-state index contributed by atoms with van der Waals surface area (Å²) in [7, 11) is 1.65. The molecule has 79 heavy (non-hydrogen) atoms. The monoisotopic (exact) mass is 1120 g/mol. The van der Waals surface area contributed by atoms with Gasteiger partial charge in [0, 0.05) is 106 Å². The van der Waals surface area contributed by atoms with Gasteiger partial charge in [0.05, 0.1) is 45.0 Å². The minimum atomic E-state index is -4.99. The van der Waals surface area contributed by atoms with E-state index < -0.39 is 70.9 Å². The number of rotatable bonds is 28. The lowest BCUT2D eigenvalue weighted by atomic mass is 9.77. The van der Waals surface area contributed by atoms with E-state index in [1.54, 1.807) is 30.4 Å². The van der Waals surface area contributed by atoms with Crippen LogP contribution in [0.3, 0.4) is 0 Å². The Morgan fingerprint density at radius 3 is 2.24 bits per heavy atom. The number of benzene rings is 1. The van der Waals surface area contributed by atoms with E-state index in [0.717, 1.165) is 30.8 Å². The van der Waals surface area contributed by atoms with Gasteiger partial charge in [-0.2, -0.15) is 17.6 Å². The van der Waals surface area contributed by atoms with E-state index in [2.05, 4.69) is 36.6 Å². The Labute approximate surface area is 453 Å². The van der Waals surface area contributed by atoms with Crippen molar-refractivity contribution in [1.82, 2.24) is 36.1 Å². The summed E-state index contributed by atoms with van der Waals surface area (Å²) in [6.07, 6.45) is 0.531. The van der Waals surface area contributed by atoms with Crippen LogP contribution in [0.25, 0.3) is 0 Å². The Morgan fingerprint density at radius 2 is 1.53 bits per heavy atom. The molecule has 1 aromatic carbocycles. The third-order valence-corrected chi connectivity index (χ3v) is 14.4. The number of carbonyl (C=O) groups is 7. The molecule has 0 bridgehead atoms. The highest BCUT2D eigenvalue weighted by Crippen LogP contribution is 2.55. The second-order valence-corrected chi connectivity index (χ2v) is 19.7. The van der Waals surface area contributed by atoms with Gasteiger partial charge in [0.25, 0.3) is 11.8 Å². The first-order chi connectivity index (χ1) is 37.7. The average molecular weight is 1120 g/mol. The van der Waals surface area contributed by atoms with E-state index in [4.69, 9.17) is 29.4 Å². The van der Waals surface area contributed by atoms with E-state index in [0.29, 0.717) is 38.2 Å². The maximum atomic E-state index is 15.4. The van der Waals surface area contributed by atoms with Crippen LogP contribution < -0.4 is 37.1 Å². The number of nitrogens with one attached hydrogen (secondary N) is 5. The van der Waals surface area contributed by atoms with Crippen molar-refractivity contribution >= 4 is 47.0 Å². The second kappa shape index (κ2) is 28.8. The highest BCUT2D eigenvalue weighted by atomic mass is 19.4. The third-order valence-electron chi connectivity index (χ3n) is 14.4. The first kappa shape index (κ1) is 61.3. The maximum absolute atomic E-state index is 15.4. The van der Waals surface area contributed by atoms with Crippen molar-refractivity contribution in [2.45, 2.75) is 101 Å². The summed E-state index contributed by atoms with van der Waals surface area (Å²) in [5, 5.41) is 13.7. The Kier molecular flexibility index (Phi) is 22.4. The Bertz CT molecular complexity index is 2600. The van der Waals surface area contributed by atoms with Crippen LogP contribution >= 0.6 is 0 Å². The summed E-state index contributed by atoms with van der Waals surface area (Å²) >= 11 is 0. The van der Waals surface area contributed by atoms with Crippen molar-refractivity contribution in [1.29, 1.82) is 0 Å². The molecule has 7 N–H and O–H groups in total. The number of hydrogen-bond donors (Lipinski definition) is 6. The summed E-state index contributed by atoms with van der Waals surface area (Å²) in [5.41, 5.74) is 2.61. The standard InChI is InChI=1S/C53H68F5N9O12/c1-31-43(47(79-52(31,2)53(56,57)58)51(74)66-35-13-18-61-39(28-35)48(59)71)36-11-12-38(54)44(55)46(36)78-27-26-75-21-5-17-63-49(72)32-7-9-34(10-8-32)65-41(69)15-22-76-24-25-77-23-20-62-40(68)14-19-64-50(73)37-29-42(70)67(3)45(37)33-6-4-16-60-30-33/h4,6,11-13,16,18,28,30-32,34,37,43,45,47H,5,7-10,14-15,17,19-27,29H2,1-3H3,(H2,59,71)(H,62,68)(H,63,72)(H,64,73)(H,65,69)(H,61,66,74)/t31-,32?,34?,37-,43-,45+,47+,52+/m0/s1. The number of hydrogen-bond acceptors (Lipinski definition) is 14. The van der Waals surface area contributed by atoms with E-state index in [1.165, 1.54) is 13.0 Å². The molecule has 3 aromatic rings. The number of primary amides is 1. The molecule has 3 aliphatic rings. The lowest BCUT2D eigenvalue weighted by molar-refractivity contribution is -0.272. The summed E-state index contributed by atoms with van der Waals surface area (Å²) in [6.45, 7) is 3.09. The zero-order valence-electron chi connectivity index (χ0n) is 44.2. The molecule has 6 atom stereocenters. The van der Waals surface area contributed by atoms with E-state index >= 15 is 4.39 Å². The molecule has 2 aromatic heterocycles. The predicted octanol–water partition coefficient (Wildman–Crippen LogP) is 3.77. The first-order valence-corrected chi connectivity index (χ1v) is 26.1. The molecule has 432 valence electrons. The Morgan fingerprint density at radius 1 is 0.823 bits per heavy atom. The molecule has 1 saturated carbocycles. The topological polar surface area (TPSA) is 281 Å². The van der Waals surface area contributed by atoms with Gasteiger partial charge in [-0.15, -0.1) is 0 Å². The van der Waals surface area contributed by atoms with Gasteiger partial charge < -0.3 is 60.9 Å². The van der Waals surface area contributed by atoms with Gasteiger partial charge in [0.15, 0.2) is 17.2 Å². The SMILES string of the molecule is C[C@H]1[C@@H](c2ccc(F)c(F)c2OCCOCCCNC(=O)C2CCC(NC(=O)CCOCCOCCNC(=O)CCNC(=O)[C@H]3CC(=O)N(C)[C@@H]3c3cccnc3)CC2)[C@H](C(=O)Nc2ccnc(C(N)=O)c2)O[C@@]1(C)C(F)(F)F. The van der Waals surface area contributed by atoms with Gasteiger partial charge in [-0.05, 0) is 68.9 Å². The van der Waals surface area contributed by atoms with Crippen molar-refractivity contribution in [3.05, 3.63) is 83.4 Å². The summed E-state index contributed by atoms with van der Waals surface area (Å²) in [6, 6.07) is 7.19. The number of likely N-dealkylation sites (tertiary alicyclic amines) is 1. The molecule has 2 saturated heterocycles. The number of nitrogens with zero attached hydrogens (tertiary/aromatic N) is 3. The molecule has 1 aliphatic carbocycles. The molecular formula is C53H68F5N9O12. The molecule has 0 unspecified atom stereocenters. The largest absolute Gasteiger partial charge is 0.488 e. The zero-order valence-corrected chi connectivity index (χ0v) is 44.2. The Balaban J connectivity index is 0.795. The van der Waals surface area contributed by atoms with Crippen LogP contribution in [0.15, 0.2) is 55.0 Å². The average Bonchev–Trinajstić information content (AvgIpc) is 4.11. The number of halogens is 5. The zero-order chi connectivity index (χ0) is 57.3. The van der Waals surface area contributed by atoms with Crippen LogP contribution in [0.1, 0.15) is 98.8 Å². The summed E-state index contributed by atoms with van der Waals surface area (Å²) in [5.74, 6) is -10.4. The molecule has 26 heteroatoms. The number of ether oxygens (including phenoxy) is 5. The van der Waals surface area contributed by atoms with E-state index in [-0.39, 0.29) is 144 Å². The number of nitrogens with two attached hydrogens (primary N) is 1. The van der Waals surface area contributed by atoms with E-state index in [9.17, 15) is 51.1 Å². The van der Waals surface area contributed by atoms with Crippen molar-refractivity contribution in [3.63, 3.8) is 0 Å². The third kappa shape index (κ3) is 16.6. The van der Waals surface area contributed by atoms with Crippen LogP contribution in [-0.2, 0) is 47.7 Å². The number of pyridine rings is 2. The quantitative estimate of drug-likeness (QED) is 0.0446. The molecule has 0 radical (unpaired) electrons. The number of carbonyl (C=O) groups excluding carboxylic acids is 7. The fourth-order valence-corrected chi connectivity index (χ4v) is 9.85. The number of alkyl halides is 3. The summed E-state index contributed by atoms with van der Waals surface area (Å²) < 4.78 is 101. The lowest BCUT2D eigenvalue weighted by Crippen LogP contribution is -2.47. The summed E-state index contributed by atoms with van der Waals surface area (Å²) in [4.78, 5) is 97.6. The van der Waals surface area contributed by atoms with Gasteiger partial charge in [0.1, 0.15) is 18.4 Å². The predicted molar refractivity (Wildman–Crippen MR) is 272 cm³/mol. The van der Waals surface area contributed by atoms with Gasteiger partial charge in [-0.25, -0.2) is 4.39 Å². The number of anilines is 1. The van der Waals surface area contributed by atoms with Gasteiger partial charge in [0.2, 0.25) is 35.4 Å². The minimum Gasteiger partial charge on any atom is -0.488 e. The Hall–Kier alpha value is -6.90. The molecule has 4 heterocycles. The highest BCUT2D eigenvalue weighted by molar-refractivity contribution is 5.97. The van der Waals surface area contributed by atoms with Crippen LogP contribution in [-0.4, -0.2) is 153 Å². The molecule has 6 rings (SSSR count). The maximum Gasteiger partial charge on any atom is 0.417 e. The van der Waals surface area contributed by atoms with Crippen molar-refractivity contribution in [2.24, 2.45) is 23.5 Å². The fourth-order valence-electron chi connectivity index (χ4n) is 9.85. The molecule has 21 nitrogen and oxygen atoms in total. The molecule has 2 aliphatic heterocycles. The molecule has 0 spiro atoms. The van der Waals surface area contributed by atoms with Crippen LogP contribution in [0.2, 0.25) is 0 Å². The number of aromatic nitrogens is 2. The molecule has 3 fully saturated rings. The van der Waals surface area contributed by atoms with Gasteiger partial charge >= 0.3 is 6.18 Å². The van der Waals surface area contributed by atoms with Gasteiger partial charge in [-0.1, -0.05) is 19.1 Å². The minimum absolute atomic E-state index is 0.0284. The van der Waals surface area contributed by atoms with Crippen LogP contribution in [0.5, 0.6) is 5.75 Å². The first-order valence-electron chi connectivity index (χ1n) is 26.1.